The number of benzene rings is 1. The first-order valence-electron chi connectivity index (χ1n) is 4.72. The number of fused-ring (bicyclic) bond motifs is 1. The lowest BCUT2D eigenvalue weighted by Crippen LogP contribution is -2.15. The summed E-state index contributed by atoms with van der Waals surface area (Å²) in [6.45, 7) is 0. The molecule has 0 aliphatic heterocycles. The molecule has 0 bridgehead atoms. The zero-order chi connectivity index (χ0) is 11.0. The lowest BCUT2D eigenvalue weighted by atomic mass is 9.99. The fourth-order valence-electron chi connectivity index (χ4n) is 2.01. The highest BCUT2D eigenvalue weighted by Gasteiger charge is 2.26. The molecule has 2 rings (SSSR count). The Labute approximate surface area is 86.2 Å². The first-order chi connectivity index (χ1) is 7.11. The minimum absolute atomic E-state index is 0.0301. The first-order valence-corrected chi connectivity index (χ1v) is 4.72. The molecule has 0 radical (unpaired) electrons. The van der Waals surface area contributed by atoms with Crippen LogP contribution in [0.4, 0.5) is 0 Å². The molecule has 0 amide bonds. The summed E-state index contributed by atoms with van der Waals surface area (Å²) < 4.78 is 0. The maximum Gasteiger partial charge on any atom is 0.377 e. The Balaban J connectivity index is 2.60. The van der Waals surface area contributed by atoms with Gasteiger partial charge in [-0.25, -0.2) is 4.79 Å². The van der Waals surface area contributed by atoms with Crippen LogP contribution in [-0.2, 0) is 17.6 Å². The lowest BCUT2D eigenvalue weighted by Gasteiger charge is -2.07. The second-order valence-electron chi connectivity index (χ2n) is 3.59. The molecule has 4 nitrogen and oxygen atoms in total. The standard InChI is InChI=1S/C11H10O4/c12-8-5-4-6-2-1-3-7(6)9(8)10(13)11(14)15/h4-5,12H,1-3H2,(H,14,15). The Bertz CT molecular complexity index is 448. The Morgan fingerprint density at radius 1 is 1.20 bits per heavy atom. The summed E-state index contributed by atoms with van der Waals surface area (Å²) in [6.07, 6.45) is 2.41. The number of hydrogen-bond donors (Lipinski definition) is 2. The SMILES string of the molecule is O=C(O)C(=O)c1c(O)ccc2c1CCC2. The Kier molecular flexibility index (Phi) is 2.19. The van der Waals surface area contributed by atoms with Gasteiger partial charge in [-0.1, -0.05) is 6.07 Å². The fourth-order valence-corrected chi connectivity index (χ4v) is 2.01. The average Bonchev–Trinajstić information content (AvgIpc) is 2.64. The van der Waals surface area contributed by atoms with Crippen molar-refractivity contribution in [1.29, 1.82) is 0 Å². The van der Waals surface area contributed by atoms with E-state index < -0.39 is 11.8 Å². The van der Waals surface area contributed by atoms with Crippen LogP contribution in [0.15, 0.2) is 12.1 Å². The van der Waals surface area contributed by atoms with Crippen LogP contribution in [0.25, 0.3) is 0 Å². The maximum absolute atomic E-state index is 11.4. The van der Waals surface area contributed by atoms with Crippen LogP contribution < -0.4 is 0 Å². The zero-order valence-corrected chi connectivity index (χ0v) is 7.99. The number of ketones is 1. The predicted molar refractivity (Wildman–Crippen MR) is 52.1 cm³/mol. The van der Waals surface area contributed by atoms with Crippen molar-refractivity contribution in [3.8, 4) is 5.75 Å². The highest BCUT2D eigenvalue weighted by molar-refractivity contribution is 6.41. The van der Waals surface area contributed by atoms with Gasteiger partial charge in [0.15, 0.2) is 0 Å². The molecule has 0 spiro atoms. The number of aliphatic carboxylic acids is 1. The third-order valence-corrected chi connectivity index (χ3v) is 2.68. The van der Waals surface area contributed by atoms with Gasteiger partial charge >= 0.3 is 5.97 Å². The summed E-state index contributed by atoms with van der Waals surface area (Å²) in [4.78, 5) is 22.0. The van der Waals surface area contributed by atoms with E-state index in [4.69, 9.17) is 5.11 Å². The highest BCUT2D eigenvalue weighted by atomic mass is 16.4. The number of aromatic hydroxyl groups is 1. The number of phenolic OH excluding ortho intramolecular Hbond substituents is 1. The van der Waals surface area contributed by atoms with E-state index in [1.807, 2.05) is 0 Å². The van der Waals surface area contributed by atoms with Crippen molar-refractivity contribution in [2.45, 2.75) is 19.3 Å². The van der Waals surface area contributed by atoms with Crippen LogP contribution in [-0.4, -0.2) is 22.0 Å². The summed E-state index contributed by atoms with van der Waals surface area (Å²) in [7, 11) is 0. The Hall–Kier alpha value is -1.84. The van der Waals surface area contributed by atoms with Gasteiger partial charge in [-0.3, -0.25) is 4.79 Å². The zero-order valence-electron chi connectivity index (χ0n) is 7.99. The van der Waals surface area contributed by atoms with E-state index in [0.717, 1.165) is 18.4 Å². The quantitative estimate of drug-likeness (QED) is 0.562. The summed E-state index contributed by atoms with van der Waals surface area (Å²) in [5, 5.41) is 18.1. The molecule has 1 aromatic rings. The van der Waals surface area contributed by atoms with Gasteiger partial charge in [0.1, 0.15) is 5.75 Å². The molecule has 0 fully saturated rings. The molecule has 1 aliphatic rings. The van der Waals surface area contributed by atoms with Gasteiger partial charge in [-0.2, -0.15) is 0 Å². The van der Waals surface area contributed by atoms with Gasteiger partial charge in [0.2, 0.25) is 0 Å². The van der Waals surface area contributed by atoms with Crippen LogP contribution in [0.5, 0.6) is 5.75 Å². The van der Waals surface area contributed by atoms with E-state index in [1.165, 1.54) is 6.07 Å². The maximum atomic E-state index is 11.4. The number of phenols is 1. The third kappa shape index (κ3) is 1.48. The van der Waals surface area contributed by atoms with Gasteiger partial charge in [0.05, 0.1) is 5.56 Å². The predicted octanol–water partition coefficient (Wildman–Crippen LogP) is 1.15. The Morgan fingerprint density at radius 3 is 2.60 bits per heavy atom. The third-order valence-electron chi connectivity index (χ3n) is 2.68. The van der Waals surface area contributed by atoms with Crippen LogP contribution in [0.3, 0.4) is 0 Å². The van der Waals surface area contributed by atoms with Crippen LogP contribution in [0, 0.1) is 0 Å². The number of hydrogen-bond acceptors (Lipinski definition) is 3. The van der Waals surface area contributed by atoms with Crippen molar-refractivity contribution < 1.29 is 19.8 Å². The number of rotatable bonds is 2. The van der Waals surface area contributed by atoms with Crippen LogP contribution in [0.2, 0.25) is 0 Å². The van der Waals surface area contributed by atoms with Crippen molar-refractivity contribution in [2.75, 3.05) is 0 Å². The van der Waals surface area contributed by atoms with Gasteiger partial charge in [-0.05, 0) is 36.5 Å². The topological polar surface area (TPSA) is 74.6 Å². The van der Waals surface area contributed by atoms with Crippen molar-refractivity contribution >= 4 is 11.8 Å². The normalized spacial score (nSPS) is 13.6. The molecule has 0 atom stereocenters. The minimum Gasteiger partial charge on any atom is -0.507 e. The van der Waals surface area contributed by atoms with Gasteiger partial charge in [0, 0.05) is 0 Å². The molecule has 4 heteroatoms. The van der Waals surface area contributed by atoms with Crippen molar-refractivity contribution in [3.63, 3.8) is 0 Å². The van der Waals surface area contributed by atoms with Crippen molar-refractivity contribution in [3.05, 3.63) is 28.8 Å². The van der Waals surface area contributed by atoms with Crippen molar-refractivity contribution in [1.82, 2.24) is 0 Å². The molecule has 0 heterocycles. The van der Waals surface area contributed by atoms with E-state index in [1.54, 1.807) is 6.07 Å². The van der Waals surface area contributed by atoms with Gasteiger partial charge < -0.3 is 10.2 Å². The molecule has 0 saturated heterocycles. The molecule has 78 valence electrons. The molecule has 0 unspecified atom stereocenters. The summed E-state index contributed by atoms with van der Waals surface area (Å²) in [5.74, 6) is -2.78. The van der Waals surface area contributed by atoms with Crippen LogP contribution in [0.1, 0.15) is 27.9 Å². The number of carbonyl (C=O) groups is 2. The van der Waals surface area contributed by atoms with E-state index in [2.05, 4.69) is 0 Å². The molecule has 15 heavy (non-hydrogen) atoms. The van der Waals surface area contributed by atoms with E-state index in [9.17, 15) is 14.7 Å². The lowest BCUT2D eigenvalue weighted by molar-refractivity contribution is -0.131. The smallest absolute Gasteiger partial charge is 0.377 e. The summed E-state index contributed by atoms with van der Waals surface area (Å²) in [5.41, 5.74) is 1.64. The highest BCUT2D eigenvalue weighted by Crippen LogP contribution is 2.31. The van der Waals surface area contributed by atoms with Gasteiger partial charge in [-0.15, -0.1) is 0 Å². The van der Waals surface area contributed by atoms with Gasteiger partial charge in [0.25, 0.3) is 5.78 Å². The number of Topliss-reactive ketones (excluding diaryl/α,β-unsaturated/α-hetero) is 1. The average molecular weight is 206 g/mol. The summed E-state index contributed by atoms with van der Waals surface area (Å²) >= 11 is 0. The first kappa shape index (κ1) is 9.71. The monoisotopic (exact) mass is 206 g/mol. The molecular weight excluding hydrogens is 196 g/mol. The largest absolute Gasteiger partial charge is 0.507 e. The molecular formula is C11H10O4. The second-order valence-corrected chi connectivity index (χ2v) is 3.59. The van der Waals surface area contributed by atoms with E-state index >= 15 is 0 Å². The molecule has 2 N–H and O–H groups in total. The Morgan fingerprint density at radius 2 is 1.93 bits per heavy atom. The number of carbonyl (C=O) groups excluding carboxylic acids is 1. The number of carboxylic acid groups (broad SMARTS) is 1. The second kappa shape index (κ2) is 3.38. The number of aryl methyl sites for hydroxylation is 1. The molecule has 1 aromatic carbocycles. The fraction of sp³-hybridized carbons (Fsp3) is 0.273. The number of carboxylic acids is 1. The minimum atomic E-state index is -1.52. The molecule has 1 aliphatic carbocycles. The molecule has 0 aromatic heterocycles. The summed E-state index contributed by atoms with van der Waals surface area (Å²) in [6, 6.07) is 3.14. The molecule has 0 saturated carbocycles. The van der Waals surface area contributed by atoms with Crippen molar-refractivity contribution in [2.24, 2.45) is 0 Å². The van der Waals surface area contributed by atoms with E-state index in [-0.39, 0.29) is 11.3 Å². The van der Waals surface area contributed by atoms with Crippen LogP contribution >= 0.6 is 0 Å². The van der Waals surface area contributed by atoms with E-state index in [0.29, 0.717) is 12.0 Å².